The van der Waals surface area contributed by atoms with Crippen LogP contribution in [0.3, 0.4) is 0 Å². The summed E-state index contributed by atoms with van der Waals surface area (Å²) in [6.45, 7) is 11.8. The molecule has 0 saturated heterocycles. The maximum atomic E-state index is 5.84. The molecular weight excluding hydrogens is 212 g/mol. The van der Waals surface area contributed by atoms with Crippen molar-refractivity contribution in [3.05, 3.63) is 34.0 Å². The molecule has 0 radical (unpaired) electrons. The fourth-order valence-electron chi connectivity index (χ4n) is 1.05. The molecule has 0 aromatic carbocycles. The third kappa shape index (κ3) is 3.69. The van der Waals surface area contributed by atoms with Crippen molar-refractivity contribution in [2.24, 2.45) is 0 Å². The summed E-state index contributed by atoms with van der Waals surface area (Å²) >= 11 is 7.52. The van der Waals surface area contributed by atoms with Gasteiger partial charge in [0.05, 0.1) is 9.91 Å². The van der Waals surface area contributed by atoms with Crippen molar-refractivity contribution in [2.45, 2.75) is 27.7 Å². The van der Waals surface area contributed by atoms with Crippen LogP contribution in [-0.2, 0) is 0 Å². The smallest absolute Gasteiger partial charge is 0.0525 e. The molecule has 0 atom stereocenters. The zero-order valence-electron chi connectivity index (χ0n) is 9.23. The third-order valence-corrected chi connectivity index (χ3v) is 2.90. The van der Waals surface area contributed by atoms with E-state index in [-0.39, 0.29) is 0 Å². The first kappa shape index (κ1) is 13.5. The molecule has 0 aliphatic carbocycles. The second-order valence-electron chi connectivity index (χ2n) is 2.55. The summed E-state index contributed by atoms with van der Waals surface area (Å²) in [6.07, 6.45) is 4.05. The van der Waals surface area contributed by atoms with Gasteiger partial charge < -0.3 is 0 Å². The summed E-state index contributed by atoms with van der Waals surface area (Å²) in [6, 6.07) is 2.12. The summed E-state index contributed by atoms with van der Waals surface area (Å²) < 4.78 is 0. The summed E-state index contributed by atoms with van der Waals surface area (Å²) in [4.78, 5) is 2.34. The predicted octanol–water partition coefficient (Wildman–Crippen LogP) is 5.33. The van der Waals surface area contributed by atoms with E-state index < -0.39 is 0 Å². The van der Waals surface area contributed by atoms with E-state index in [1.807, 2.05) is 32.9 Å². The SMILES string of the molecule is C=C(Cl)c1sc(C)cc1/C=C\C.CC. The molecular formula is C12H17ClS. The van der Waals surface area contributed by atoms with E-state index in [1.54, 1.807) is 11.3 Å². The fraction of sp³-hybridized carbons (Fsp3) is 0.333. The Morgan fingerprint density at radius 2 is 2.07 bits per heavy atom. The van der Waals surface area contributed by atoms with Crippen LogP contribution in [0.2, 0.25) is 0 Å². The van der Waals surface area contributed by atoms with Crippen LogP contribution in [-0.4, -0.2) is 0 Å². The van der Waals surface area contributed by atoms with E-state index in [9.17, 15) is 0 Å². The van der Waals surface area contributed by atoms with Gasteiger partial charge in [-0.1, -0.05) is 44.2 Å². The minimum Gasteiger partial charge on any atom is -0.139 e. The van der Waals surface area contributed by atoms with Gasteiger partial charge in [-0.15, -0.1) is 11.3 Å². The van der Waals surface area contributed by atoms with E-state index in [0.29, 0.717) is 5.03 Å². The van der Waals surface area contributed by atoms with Crippen LogP contribution in [0.25, 0.3) is 11.1 Å². The van der Waals surface area contributed by atoms with Crippen LogP contribution < -0.4 is 0 Å². The molecule has 0 aliphatic rings. The van der Waals surface area contributed by atoms with Crippen molar-refractivity contribution < 1.29 is 0 Å². The fourth-order valence-corrected chi connectivity index (χ4v) is 2.14. The molecule has 1 aromatic heterocycles. The van der Waals surface area contributed by atoms with E-state index in [2.05, 4.69) is 19.6 Å². The molecule has 0 aliphatic heterocycles. The highest BCUT2D eigenvalue weighted by Gasteiger charge is 2.05. The molecule has 0 N–H and O–H groups in total. The zero-order chi connectivity index (χ0) is 11.1. The van der Waals surface area contributed by atoms with Crippen molar-refractivity contribution in [3.63, 3.8) is 0 Å². The van der Waals surface area contributed by atoms with Gasteiger partial charge in [0.1, 0.15) is 0 Å². The number of thiophene rings is 1. The Kier molecular flexibility index (Phi) is 6.60. The lowest BCUT2D eigenvalue weighted by atomic mass is 10.2. The molecule has 1 rings (SSSR count). The van der Waals surface area contributed by atoms with Crippen LogP contribution in [0.1, 0.15) is 36.1 Å². The lowest BCUT2D eigenvalue weighted by molar-refractivity contribution is 1.50. The molecule has 14 heavy (non-hydrogen) atoms. The molecule has 0 nitrogen and oxygen atoms in total. The van der Waals surface area contributed by atoms with Crippen LogP contribution in [0.4, 0.5) is 0 Å². The Bertz CT molecular complexity index is 321. The average molecular weight is 229 g/mol. The number of hydrogen-bond donors (Lipinski definition) is 0. The number of aryl methyl sites for hydroxylation is 1. The van der Waals surface area contributed by atoms with E-state index in [1.165, 1.54) is 10.4 Å². The van der Waals surface area contributed by atoms with Crippen molar-refractivity contribution in [2.75, 3.05) is 0 Å². The molecule has 0 bridgehead atoms. The van der Waals surface area contributed by atoms with Gasteiger partial charge in [0.15, 0.2) is 0 Å². The molecule has 0 fully saturated rings. The lowest BCUT2D eigenvalue weighted by Gasteiger charge is -1.93. The van der Waals surface area contributed by atoms with Gasteiger partial charge in [0.25, 0.3) is 0 Å². The quantitative estimate of drug-likeness (QED) is 0.642. The Hall–Kier alpha value is -0.530. The molecule has 2 heteroatoms. The van der Waals surface area contributed by atoms with Gasteiger partial charge in [0, 0.05) is 4.88 Å². The van der Waals surface area contributed by atoms with Crippen LogP contribution in [0.5, 0.6) is 0 Å². The number of halogens is 1. The second kappa shape index (κ2) is 6.86. The van der Waals surface area contributed by atoms with E-state index in [4.69, 9.17) is 11.6 Å². The van der Waals surface area contributed by atoms with Gasteiger partial charge in [-0.3, -0.25) is 0 Å². The van der Waals surface area contributed by atoms with Gasteiger partial charge in [-0.25, -0.2) is 0 Å². The van der Waals surface area contributed by atoms with Gasteiger partial charge in [-0.05, 0) is 25.5 Å². The number of hydrogen-bond acceptors (Lipinski definition) is 1. The minimum absolute atomic E-state index is 0.626. The molecule has 0 saturated carbocycles. The molecule has 0 spiro atoms. The number of allylic oxidation sites excluding steroid dienone is 1. The standard InChI is InChI=1S/C10H11ClS.C2H6/c1-4-5-9-6-7(2)12-10(9)8(3)11;1-2/h4-6H,3H2,1-2H3;1-2H3/b5-4-;. The predicted molar refractivity (Wildman–Crippen MR) is 70.0 cm³/mol. The van der Waals surface area contributed by atoms with Gasteiger partial charge >= 0.3 is 0 Å². The Morgan fingerprint density at radius 1 is 1.50 bits per heavy atom. The molecule has 1 heterocycles. The Morgan fingerprint density at radius 3 is 2.50 bits per heavy atom. The number of rotatable bonds is 2. The normalized spacial score (nSPS) is 9.79. The molecule has 1 aromatic rings. The largest absolute Gasteiger partial charge is 0.139 e. The maximum absolute atomic E-state index is 5.84. The highest BCUT2D eigenvalue weighted by molar-refractivity contribution is 7.14. The molecule has 78 valence electrons. The van der Waals surface area contributed by atoms with Gasteiger partial charge in [0.2, 0.25) is 0 Å². The lowest BCUT2D eigenvalue weighted by Crippen LogP contribution is -1.71. The zero-order valence-corrected chi connectivity index (χ0v) is 10.8. The third-order valence-electron chi connectivity index (χ3n) is 1.48. The summed E-state index contributed by atoms with van der Waals surface area (Å²) in [5.74, 6) is 0. The first-order valence-corrected chi connectivity index (χ1v) is 5.92. The van der Waals surface area contributed by atoms with E-state index in [0.717, 1.165) is 4.88 Å². The van der Waals surface area contributed by atoms with Crippen molar-refractivity contribution in [3.8, 4) is 0 Å². The minimum atomic E-state index is 0.626. The van der Waals surface area contributed by atoms with Gasteiger partial charge in [-0.2, -0.15) is 0 Å². The summed E-state index contributed by atoms with van der Waals surface area (Å²) in [5.41, 5.74) is 1.17. The van der Waals surface area contributed by atoms with Crippen molar-refractivity contribution >= 4 is 34.0 Å². The first-order chi connectivity index (χ1) is 6.65. The molecule has 0 amide bonds. The Balaban J connectivity index is 0.000000791. The summed E-state index contributed by atoms with van der Waals surface area (Å²) in [5, 5.41) is 0.626. The summed E-state index contributed by atoms with van der Waals surface area (Å²) in [7, 11) is 0. The molecule has 0 unspecified atom stereocenters. The van der Waals surface area contributed by atoms with Crippen LogP contribution in [0.15, 0.2) is 18.7 Å². The first-order valence-electron chi connectivity index (χ1n) is 4.73. The average Bonchev–Trinajstić information content (AvgIpc) is 2.51. The van der Waals surface area contributed by atoms with E-state index >= 15 is 0 Å². The highest BCUT2D eigenvalue weighted by atomic mass is 35.5. The Labute approximate surface area is 95.9 Å². The van der Waals surface area contributed by atoms with Crippen molar-refractivity contribution in [1.82, 2.24) is 0 Å². The maximum Gasteiger partial charge on any atom is 0.0525 e. The van der Waals surface area contributed by atoms with Crippen molar-refractivity contribution in [1.29, 1.82) is 0 Å². The topological polar surface area (TPSA) is 0 Å². The second-order valence-corrected chi connectivity index (χ2v) is 4.26. The van der Waals surface area contributed by atoms with Crippen LogP contribution >= 0.6 is 22.9 Å². The monoisotopic (exact) mass is 228 g/mol. The highest BCUT2D eigenvalue weighted by Crippen LogP contribution is 2.30. The van der Waals surface area contributed by atoms with Crippen LogP contribution in [0, 0.1) is 6.92 Å².